The van der Waals surface area contributed by atoms with Crippen LogP contribution in [-0.4, -0.2) is 68.5 Å². The number of hydrogen-bond donors (Lipinski definition) is 1. The third-order valence-electron chi connectivity index (χ3n) is 4.55. The van der Waals surface area contributed by atoms with Gasteiger partial charge in [0.15, 0.2) is 0 Å². The van der Waals surface area contributed by atoms with Gasteiger partial charge in [-0.25, -0.2) is 19.7 Å². The zero-order chi connectivity index (χ0) is 21.8. The van der Waals surface area contributed by atoms with Crippen LogP contribution in [0.4, 0.5) is 13.2 Å². The van der Waals surface area contributed by atoms with Crippen LogP contribution in [0, 0.1) is 6.92 Å². The summed E-state index contributed by atoms with van der Waals surface area (Å²) in [4.78, 5) is 24.1. The Morgan fingerprint density at radius 1 is 1.40 bits per heavy atom. The molecule has 2 aromatic heterocycles. The van der Waals surface area contributed by atoms with Crippen molar-refractivity contribution in [3.63, 3.8) is 0 Å². The van der Waals surface area contributed by atoms with Gasteiger partial charge in [0, 0.05) is 49.4 Å². The molecule has 2 aromatic rings. The Hall–Kier alpha value is -2.31. The summed E-state index contributed by atoms with van der Waals surface area (Å²) in [6, 6.07) is 2.26. The lowest BCUT2D eigenvalue weighted by molar-refractivity contribution is -0.192. The molecule has 30 heavy (non-hydrogen) atoms. The fourth-order valence-corrected chi connectivity index (χ4v) is 4.16. The first-order chi connectivity index (χ1) is 14.2. The molecule has 4 heterocycles. The van der Waals surface area contributed by atoms with Crippen molar-refractivity contribution in [3.8, 4) is 6.01 Å². The highest BCUT2D eigenvalue weighted by molar-refractivity contribution is 7.09. The molecule has 2 fully saturated rings. The van der Waals surface area contributed by atoms with Gasteiger partial charge in [0.2, 0.25) is 0 Å². The molecule has 2 aliphatic rings. The molecule has 0 amide bonds. The SMILES string of the molecule is Cc1csc(CN2CC3(CC(Oc4ncccn4)CCO3)C2)n1.O=C(O)C(F)(F)F. The highest BCUT2D eigenvalue weighted by Crippen LogP contribution is 2.36. The number of likely N-dealkylation sites (tertiary alicyclic amines) is 1. The topological polar surface area (TPSA) is 97.7 Å². The molecule has 1 atom stereocenters. The van der Waals surface area contributed by atoms with E-state index in [9.17, 15) is 13.2 Å². The normalized spacial score (nSPS) is 20.7. The number of carboxylic acids is 1. The van der Waals surface area contributed by atoms with Gasteiger partial charge in [-0.3, -0.25) is 4.90 Å². The third kappa shape index (κ3) is 6.09. The molecule has 0 radical (unpaired) electrons. The average Bonchev–Trinajstić information content (AvgIpc) is 3.06. The van der Waals surface area contributed by atoms with Crippen LogP contribution in [0.15, 0.2) is 23.8 Å². The summed E-state index contributed by atoms with van der Waals surface area (Å²) in [7, 11) is 0. The summed E-state index contributed by atoms with van der Waals surface area (Å²) < 4.78 is 43.7. The van der Waals surface area contributed by atoms with E-state index in [1.165, 1.54) is 5.01 Å². The van der Waals surface area contributed by atoms with Gasteiger partial charge in [0.1, 0.15) is 11.1 Å². The number of halogens is 3. The van der Waals surface area contributed by atoms with Crippen LogP contribution in [0.3, 0.4) is 0 Å². The number of rotatable bonds is 4. The van der Waals surface area contributed by atoms with E-state index in [1.54, 1.807) is 29.8 Å². The van der Waals surface area contributed by atoms with E-state index in [0.29, 0.717) is 6.01 Å². The summed E-state index contributed by atoms with van der Waals surface area (Å²) in [5, 5.41) is 10.4. The van der Waals surface area contributed by atoms with Gasteiger partial charge in [-0.2, -0.15) is 13.2 Å². The number of thiazole rings is 1. The number of hydrogen-bond acceptors (Lipinski definition) is 8. The lowest BCUT2D eigenvalue weighted by Gasteiger charge is -2.52. The van der Waals surface area contributed by atoms with Crippen LogP contribution in [0.5, 0.6) is 6.01 Å². The quantitative estimate of drug-likeness (QED) is 0.766. The number of ether oxygens (including phenoxy) is 2. The second-order valence-electron chi connectivity index (χ2n) is 7.13. The zero-order valence-electron chi connectivity index (χ0n) is 16.1. The highest BCUT2D eigenvalue weighted by atomic mass is 32.1. The van der Waals surface area contributed by atoms with Gasteiger partial charge in [-0.1, -0.05) is 0 Å². The minimum Gasteiger partial charge on any atom is -0.475 e. The maximum atomic E-state index is 10.6. The summed E-state index contributed by atoms with van der Waals surface area (Å²) in [6.45, 7) is 5.58. The van der Waals surface area contributed by atoms with Crippen molar-refractivity contribution in [2.45, 2.75) is 44.2 Å². The molecule has 4 rings (SSSR count). The molecular weight excluding hydrogens is 425 g/mol. The van der Waals surface area contributed by atoms with E-state index < -0.39 is 12.1 Å². The molecule has 0 bridgehead atoms. The number of alkyl halides is 3. The molecule has 1 unspecified atom stereocenters. The highest BCUT2D eigenvalue weighted by Gasteiger charge is 2.48. The Balaban J connectivity index is 0.000000318. The van der Waals surface area contributed by atoms with Crippen molar-refractivity contribution in [2.75, 3.05) is 19.7 Å². The van der Waals surface area contributed by atoms with Gasteiger partial charge in [0.25, 0.3) is 0 Å². The fraction of sp³-hybridized carbons (Fsp3) is 0.556. The number of aryl methyl sites for hydroxylation is 1. The Labute approximate surface area is 174 Å². The molecule has 2 aliphatic heterocycles. The maximum absolute atomic E-state index is 10.6. The van der Waals surface area contributed by atoms with E-state index in [2.05, 4.69) is 25.2 Å². The Bertz CT molecular complexity index is 843. The minimum absolute atomic E-state index is 0.0655. The van der Waals surface area contributed by atoms with Crippen molar-refractivity contribution in [2.24, 2.45) is 0 Å². The van der Waals surface area contributed by atoms with Crippen LogP contribution in [0.2, 0.25) is 0 Å². The van der Waals surface area contributed by atoms with Crippen molar-refractivity contribution in [3.05, 3.63) is 34.5 Å². The molecule has 8 nitrogen and oxygen atoms in total. The lowest BCUT2D eigenvalue weighted by atomic mass is 9.85. The van der Waals surface area contributed by atoms with Crippen LogP contribution < -0.4 is 4.74 Å². The third-order valence-corrected chi connectivity index (χ3v) is 5.50. The van der Waals surface area contributed by atoms with Gasteiger partial charge < -0.3 is 14.6 Å². The number of aromatic nitrogens is 3. The molecule has 0 aromatic carbocycles. The van der Waals surface area contributed by atoms with Crippen LogP contribution in [0.25, 0.3) is 0 Å². The predicted octanol–water partition coefficient (Wildman–Crippen LogP) is 2.69. The lowest BCUT2D eigenvalue weighted by Crippen LogP contribution is -2.65. The van der Waals surface area contributed by atoms with Gasteiger partial charge >= 0.3 is 18.2 Å². The molecule has 2 saturated heterocycles. The number of carbonyl (C=O) groups is 1. The molecule has 12 heteroatoms. The monoisotopic (exact) mass is 446 g/mol. The average molecular weight is 446 g/mol. The smallest absolute Gasteiger partial charge is 0.475 e. The minimum atomic E-state index is -5.08. The Kier molecular flexibility index (Phi) is 6.88. The standard InChI is InChI=1S/C16H20N4O2S.C2HF3O2/c1-12-9-23-14(19-12)8-20-10-16(11-20)7-13(3-6-21-16)22-15-17-4-2-5-18-15;3-2(4,5)1(6)7/h2,4-5,9,13H,3,6-8,10-11H2,1H3;(H,6,7). The predicted molar refractivity (Wildman–Crippen MR) is 100 cm³/mol. The van der Waals surface area contributed by atoms with E-state index in [-0.39, 0.29) is 11.7 Å². The maximum Gasteiger partial charge on any atom is 0.490 e. The van der Waals surface area contributed by atoms with Crippen LogP contribution in [-0.2, 0) is 16.1 Å². The molecule has 0 saturated carbocycles. The van der Waals surface area contributed by atoms with E-state index >= 15 is 0 Å². The summed E-state index contributed by atoms with van der Waals surface area (Å²) in [5.74, 6) is -2.76. The zero-order valence-corrected chi connectivity index (χ0v) is 16.9. The van der Waals surface area contributed by atoms with Crippen LogP contribution >= 0.6 is 11.3 Å². The van der Waals surface area contributed by atoms with E-state index in [0.717, 1.165) is 44.8 Å². The number of aliphatic carboxylic acids is 1. The first-order valence-corrected chi connectivity index (χ1v) is 10.0. The van der Waals surface area contributed by atoms with E-state index in [1.807, 2.05) is 6.92 Å². The van der Waals surface area contributed by atoms with Gasteiger partial charge in [-0.05, 0) is 13.0 Å². The largest absolute Gasteiger partial charge is 0.490 e. The summed E-state index contributed by atoms with van der Waals surface area (Å²) >= 11 is 1.73. The van der Waals surface area contributed by atoms with Crippen molar-refractivity contribution in [1.82, 2.24) is 19.9 Å². The summed E-state index contributed by atoms with van der Waals surface area (Å²) in [5.41, 5.74) is 1.04. The first-order valence-electron chi connectivity index (χ1n) is 9.16. The number of carboxylic acid groups (broad SMARTS) is 1. The Morgan fingerprint density at radius 2 is 2.07 bits per heavy atom. The van der Waals surface area contributed by atoms with Crippen LogP contribution in [0.1, 0.15) is 23.5 Å². The molecule has 1 spiro atoms. The molecular formula is C18H21F3N4O4S. The Morgan fingerprint density at radius 3 is 2.63 bits per heavy atom. The summed E-state index contributed by atoms with van der Waals surface area (Å²) in [6.07, 6.45) is 0.261. The molecule has 0 aliphatic carbocycles. The molecule has 164 valence electrons. The van der Waals surface area contributed by atoms with E-state index in [4.69, 9.17) is 19.4 Å². The number of nitrogens with zero attached hydrogens (tertiary/aromatic N) is 4. The molecule has 1 N–H and O–H groups in total. The fourth-order valence-electron chi connectivity index (χ4n) is 3.35. The van der Waals surface area contributed by atoms with Gasteiger partial charge in [0.05, 0.1) is 18.8 Å². The second-order valence-corrected chi connectivity index (χ2v) is 8.07. The van der Waals surface area contributed by atoms with Gasteiger partial charge in [-0.15, -0.1) is 11.3 Å². The second kappa shape index (κ2) is 9.23. The van der Waals surface area contributed by atoms with Crippen molar-refractivity contribution in [1.29, 1.82) is 0 Å². The van der Waals surface area contributed by atoms with Crippen molar-refractivity contribution >= 4 is 17.3 Å². The van der Waals surface area contributed by atoms with Crippen molar-refractivity contribution < 1.29 is 32.5 Å². The first kappa shape index (κ1) is 22.4.